The molecular formula is C13H21NO3. The molecule has 17 heavy (non-hydrogen) atoms. The Bertz CT molecular complexity index is 303. The molecule has 1 saturated carbocycles. The van der Waals surface area contributed by atoms with Crippen molar-refractivity contribution in [1.82, 2.24) is 4.90 Å². The summed E-state index contributed by atoms with van der Waals surface area (Å²) in [6.07, 6.45) is 6.86. The van der Waals surface area contributed by atoms with Gasteiger partial charge in [0.25, 0.3) is 0 Å². The molecule has 2 unspecified atom stereocenters. The molecule has 2 rings (SSSR count). The van der Waals surface area contributed by atoms with Gasteiger partial charge in [0.2, 0.25) is 0 Å². The van der Waals surface area contributed by atoms with Crippen molar-refractivity contribution in [3.8, 4) is 0 Å². The van der Waals surface area contributed by atoms with Gasteiger partial charge in [-0.25, -0.2) is 4.79 Å². The van der Waals surface area contributed by atoms with Crippen molar-refractivity contribution in [2.75, 3.05) is 6.54 Å². The molecular weight excluding hydrogens is 218 g/mol. The van der Waals surface area contributed by atoms with Crippen molar-refractivity contribution < 1.29 is 14.3 Å². The second kappa shape index (κ2) is 5.52. The van der Waals surface area contributed by atoms with E-state index in [1.54, 1.807) is 4.90 Å². The molecule has 4 nitrogen and oxygen atoms in total. The Kier molecular flexibility index (Phi) is 4.02. The molecule has 0 N–H and O–H groups in total. The van der Waals surface area contributed by atoms with Crippen molar-refractivity contribution in [2.45, 2.75) is 57.9 Å². The minimum absolute atomic E-state index is 0.0666. The molecule has 1 heterocycles. The molecule has 1 aliphatic heterocycles. The van der Waals surface area contributed by atoms with Crippen LogP contribution in [-0.4, -0.2) is 29.5 Å². The van der Waals surface area contributed by atoms with E-state index in [1.165, 1.54) is 0 Å². The maximum absolute atomic E-state index is 11.7. The van der Waals surface area contributed by atoms with Crippen LogP contribution in [0.1, 0.15) is 51.9 Å². The van der Waals surface area contributed by atoms with Crippen LogP contribution in [0.25, 0.3) is 0 Å². The number of ether oxygens (including phenoxy) is 1. The highest BCUT2D eigenvalue weighted by Crippen LogP contribution is 2.33. The number of hydrogen-bond donors (Lipinski definition) is 0. The monoisotopic (exact) mass is 239 g/mol. The van der Waals surface area contributed by atoms with Gasteiger partial charge in [0.1, 0.15) is 0 Å². The molecule has 0 aromatic rings. The van der Waals surface area contributed by atoms with Crippen molar-refractivity contribution >= 4 is 12.1 Å². The summed E-state index contributed by atoms with van der Waals surface area (Å²) in [5.41, 5.74) is 0. The van der Waals surface area contributed by atoms with Crippen molar-refractivity contribution in [3.05, 3.63) is 0 Å². The highest BCUT2D eigenvalue weighted by atomic mass is 16.6. The summed E-state index contributed by atoms with van der Waals surface area (Å²) in [5.74, 6) is -0.366. The van der Waals surface area contributed by atoms with Gasteiger partial charge >= 0.3 is 12.1 Å². The fraction of sp³-hybridized carbons (Fsp3) is 0.846. The zero-order chi connectivity index (χ0) is 12.3. The fourth-order valence-electron chi connectivity index (χ4n) is 2.90. The third-order valence-corrected chi connectivity index (χ3v) is 3.86. The number of unbranched alkanes of at least 4 members (excludes halogenated alkanes) is 2. The Morgan fingerprint density at radius 1 is 1.24 bits per heavy atom. The Labute approximate surface area is 102 Å². The van der Waals surface area contributed by atoms with E-state index in [0.29, 0.717) is 0 Å². The Balaban J connectivity index is 2.01. The third-order valence-electron chi connectivity index (χ3n) is 3.86. The summed E-state index contributed by atoms with van der Waals surface area (Å²) in [6, 6.07) is 0.106. The van der Waals surface area contributed by atoms with Gasteiger partial charge in [-0.15, -0.1) is 0 Å². The number of amides is 1. The quantitative estimate of drug-likeness (QED) is 0.430. The minimum atomic E-state index is -0.422. The third kappa shape index (κ3) is 2.61. The van der Waals surface area contributed by atoms with E-state index < -0.39 is 6.09 Å². The SMILES string of the molecule is CCCCCN1C(=O)OC(=O)C2CCCCC21. The Morgan fingerprint density at radius 3 is 2.76 bits per heavy atom. The smallest absolute Gasteiger partial charge is 0.376 e. The molecule has 4 heteroatoms. The lowest BCUT2D eigenvalue weighted by Gasteiger charge is -2.41. The first kappa shape index (κ1) is 12.4. The molecule has 1 amide bonds. The second-order valence-corrected chi connectivity index (χ2v) is 5.05. The van der Waals surface area contributed by atoms with Crippen LogP contribution in [0.4, 0.5) is 4.79 Å². The average Bonchev–Trinajstić information content (AvgIpc) is 2.33. The molecule has 0 aromatic heterocycles. The van der Waals surface area contributed by atoms with Gasteiger partial charge in [-0.3, -0.25) is 4.79 Å². The maximum atomic E-state index is 11.7. The van der Waals surface area contributed by atoms with Crippen LogP contribution in [0.3, 0.4) is 0 Å². The van der Waals surface area contributed by atoms with Crippen molar-refractivity contribution in [2.24, 2.45) is 5.92 Å². The molecule has 0 bridgehead atoms. The average molecular weight is 239 g/mol. The zero-order valence-electron chi connectivity index (χ0n) is 10.5. The molecule has 96 valence electrons. The van der Waals surface area contributed by atoms with Crippen LogP contribution in [0.2, 0.25) is 0 Å². The fourth-order valence-corrected chi connectivity index (χ4v) is 2.90. The topological polar surface area (TPSA) is 46.6 Å². The van der Waals surface area contributed by atoms with Crippen molar-refractivity contribution in [3.63, 3.8) is 0 Å². The number of esters is 1. The summed E-state index contributed by atoms with van der Waals surface area (Å²) in [6.45, 7) is 2.88. The van der Waals surface area contributed by atoms with Gasteiger partial charge < -0.3 is 9.64 Å². The molecule has 2 fully saturated rings. The van der Waals surface area contributed by atoms with Crippen molar-refractivity contribution in [1.29, 1.82) is 0 Å². The number of hydrogen-bond acceptors (Lipinski definition) is 3. The summed E-state index contributed by atoms with van der Waals surface area (Å²) in [7, 11) is 0. The van der Waals surface area contributed by atoms with E-state index in [2.05, 4.69) is 6.92 Å². The van der Waals surface area contributed by atoms with Gasteiger partial charge in [-0.2, -0.15) is 0 Å². The molecule has 2 atom stereocenters. The van der Waals surface area contributed by atoms with Crippen LogP contribution in [-0.2, 0) is 9.53 Å². The van der Waals surface area contributed by atoms with E-state index in [-0.39, 0.29) is 17.9 Å². The standard InChI is InChI=1S/C13H21NO3/c1-2-3-6-9-14-11-8-5-4-7-10(11)12(15)17-13(14)16/h10-11H,2-9H2,1H3. The predicted octanol–water partition coefficient (Wildman–Crippen LogP) is 2.71. The molecule has 0 aromatic carbocycles. The summed E-state index contributed by atoms with van der Waals surface area (Å²) in [5, 5.41) is 0. The van der Waals surface area contributed by atoms with Crippen LogP contribution >= 0.6 is 0 Å². The van der Waals surface area contributed by atoms with E-state index in [4.69, 9.17) is 4.74 Å². The van der Waals surface area contributed by atoms with Gasteiger partial charge in [0.05, 0.1) is 5.92 Å². The predicted molar refractivity (Wildman–Crippen MR) is 63.5 cm³/mol. The highest BCUT2D eigenvalue weighted by molar-refractivity contribution is 5.89. The first-order valence-electron chi connectivity index (χ1n) is 6.76. The van der Waals surface area contributed by atoms with Gasteiger partial charge in [-0.05, 0) is 19.3 Å². The van der Waals surface area contributed by atoms with Gasteiger partial charge in [-0.1, -0.05) is 32.6 Å². The first-order chi connectivity index (χ1) is 8.24. The summed E-state index contributed by atoms with van der Waals surface area (Å²) in [4.78, 5) is 25.2. The molecule has 2 aliphatic rings. The zero-order valence-corrected chi connectivity index (χ0v) is 10.5. The molecule has 1 aliphatic carbocycles. The summed E-state index contributed by atoms with van der Waals surface area (Å²) >= 11 is 0. The number of fused-ring (bicyclic) bond motifs is 1. The van der Waals surface area contributed by atoms with Crippen LogP contribution < -0.4 is 0 Å². The lowest BCUT2D eigenvalue weighted by atomic mass is 9.83. The van der Waals surface area contributed by atoms with Crippen LogP contribution in [0.5, 0.6) is 0 Å². The Morgan fingerprint density at radius 2 is 2.00 bits per heavy atom. The highest BCUT2D eigenvalue weighted by Gasteiger charge is 2.43. The van der Waals surface area contributed by atoms with Crippen LogP contribution in [0.15, 0.2) is 0 Å². The molecule has 1 saturated heterocycles. The lowest BCUT2D eigenvalue weighted by molar-refractivity contribution is -0.152. The number of carbonyl (C=O) groups is 2. The Hall–Kier alpha value is -1.06. The lowest BCUT2D eigenvalue weighted by Crippen LogP contribution is -2.54. The van der Waals surface area contributed by atoms with Gasteiger partial charge in [0.15, 0.2) is 0 Å². The number of nitrogens with zero attached hydrogens (tertiary/aromatic N) is 1. The summed E-state index contributed by atoms with van der Waals surface area (Å²) < 4.78 is 4.85. The van der Waals surface area contributed by atoms with Crippen LogP contribution in [0, 0.1) is 5.92 Å². The van der Waals surface area contributed by atoms with Gasteiger partial charge in [0, 0.05) is 12.6 Å². The minimum Gasteiger partial charge on any atom is -0.376 e. The number of carbonyl (C=O) groups excluding carboxylic acids is 2. The second-order valence-electron chi connectivity index (χ2n) is 5.05. The first-order valence-corrected chi connectivity index (χ1v) is 6.76. The van der Waals surface area contributed by atoms with E-state index >= 15 is 0 Å². The van der Waals surface area contributed by atoms with E-state index in [1.807, 2.05) is 0 Å². The van der Waals surface area contributed by atoms with E-state index in [0.717, 1.165) is 51.5 Å². The normalized spacial score (nSPS) is 28.9. The number of rotatable bonds is 4. The maximum Gasteiger partial charge on any atom is 0.417 e. The largest absolute Gasteiger partial charge is 0.417 e. The molecule has 0 radical (unpaired) electrons. The number of cyclic esters (lactones) is 2. The van der Waals surface area contributed by atoms with E-state index in [9.17, 15) is 9.59 Å². The molecule has 0 spiro atoms.